The molecule has 0 aliphatic carbocycles. The molecule has 12 heteroatoms. The molecule has 0 bridgehead atoms. The third-order valence-electron chi connectivity index (χ3n) is 7.47. The summed E-state index contributed by atoms with van der Waals surface area (Å²) in [5.41, 5.74) is 1.21. The number of hydrogen-bond acceptors (Lipinski definition) is 4. The molecule has 2 amide bonds. The number of carbonyl (C=O) groups is 2. The van der Waals surface area contributed by atoms with Crippen molar-refractivity contribution in [2.75, 3.05) is 10.8 Å². The summed E-state index contributed by atoms with van der Waals surface area (Å²) in [6.07, 6.45) is 0.796. The highest BCUT2D eigenvalue weighted by Crippen LogP contribution is 2.36. The standard InChI is InChI=1S/C34H33Cl4N3O4S/c1-3-23(2)39-34(43)31(20-24-12-6-4-7-13-24)40(21-26-27(35)16-10-17-28(26)36)32(42)22-41(30-19-11-18-29(37)33(30)38)46(44,45)25-14-8-5-9-15-25/h4-19,23,31H,3,20-22H2,1-2H3,(H,39,43)/t23-,31+/m1/s1. The van der Waals surface area contributed by atoms with Crippen LogP contribution in [0.2, 0.25) is 20.1 Å². The van der Waals surface area contributed by atoms with E-state index in [1.165, 1.54) is 29.2 Å². The van der Waals surface area contributed by atoms with Crippen LogP contribution in [0.4, 0.5) is 5.69 Å². The fourth-order valence-electron chi connectivity index (χ4n) is 4.77. The Morgan fingerprint density at radius 3 is 1.96 bits per heavy atom. The Morgan fingerprint density at radius 1 is 0.783 bits per heavy atom. The summed E-state index contributed by atoms with van der Waals surface area (Å²) in [7, 11) is -4.35. The molecule has 0 heterocycles. The van der Waals surface area contributed by atoms with Crippen LogP contribution in [0.5, 0.6) is 0 Å². The van der Waals surface area contributed by atoms with Gasteiger partial charge in [0.1, 0.15) is 12.6 Å². The van der Waals surface area contributed by atoms with Crippen molar-refractivity contribution in [1.82, 2.24) is 10.2 Å². The van der Waals surface area contributed by atoms with Gasteiger partial charge >= 0.3 is 0 Å². The smallest absolute Gasteiger partial charge is 0.264 e. The molecule has 0 aliphatic rings. The summed E-state index contributed by atoms with van der Waals surface area (Å²) in [4.78, 5) is 29.8. The molecule has 0 saturated carbocycles. The van der Waals surface area contributed by atoms with Gasteiger partial charge in [-0.05, 0) is 55.3 Å². The van der Waals surface area contributed by atoms with E-state index in [2.05, 4.69) is 5.32 Å². The quantitative estimate of drug-likeness (QED) is 0.152. The number of hydrogen-bond donors (Lipinski definition) is 1. The summed E-state index contributed by atoms with van der Waals surface area (Å²) in [6.45, 7) is 2.92. The molecular weight excluding hydrogens is 688 g/mol. The zero-order valence-corrected chi connectivity index (χ0v) is 29.0. The first-order valence-corrected chi connectivity index (χ1v) is 17.5. The van der Waals surface area contributed by atoms with Crippen LogP contribution in [0.1, 0.15) is 31.4 Å². The Bertz CT molecular complexity index is 1760. The van der Waals surface area contributed by atoms with Crippen molar-refractivity contribution < 1.29 is 18.0 Å². The molecular formula is C34H33Cl4N3O4S. The van der Waals surface area contributed by atoms with Crippen LogP contribution < -0.4 is 9.62 Å². The average Bonchev–Trinajstić information content (AvgIpc) is 3.04. The van der Waals surface area contributed by atoms with E-state index in [1.807, 2.05) is 44.2 Å². The Kier molecular flexibility index (Phi) is 12.4. The van der Waals surface area contributed by atoms with Gasteiger partial charge in [0.2, 0.25) is 11.8 Å². The van der Waals surface area contributed by atoms with Gasteiger partial charge in [0.15, 0.2) is 0 Å². The van der Waals surface area contributed by atoms with Crippen molar-refractivity contribution in [1.29, 1.82) is 0 Å². The molecule has 1 N–H and O–H groups in total. The van der Waals surface area contributed by atoms with Crippen LogP contribution in [-0.2, 0) is 32.6 Å². The molecule has 7 nitrogen and oxygen atoms in total. The maximum absolute atomic E-state index is 14.6. The van der Waals surface area contributed by atoms with Gasteiger partial charge in [0.05, 0.1) is 20.6 Å². The Morgan fingerprint density at radius 2 is 1.35 bits per heavy atom. The molecule has 2 atom stereocenters. The maximum atomic E-state index is 14.6. The summed E-state index contributed by atoms with van der Waals surface area (Å²) < 4.78 is 29.2. The first kappa shape index (κ1) is 35.6. The third-order valence-corrected chi connectivity index (χ3v) is 10.8. The first-order chi connectivity index (χ1) is 21.9. The molecule has 4 aromatic rings. The number of rotatable bonds is 13. The lowest BCUT2D eigenvalue weighted by molar-refractivity contribution is -0.140. The fourth-order valence-corrected chi connectivity index (χ4v) is 7.18. The monoisotopic (exact) mass is 719 g/mol. The van der Waals surface area contributed by atoms with Gasteiger partial charge in [-0.15, -0.1) is 0 Å². The molecule has 0 spiro atoms. The zero-order valence-electron chi connectivity index (χ0n) is 25.2. The van der Waals surface area contributed by atoms with E-state index in [0.717, 1.165) is 9.87 Å². The molecule has 4 aromatic carbocycles. The first-order valence-electron chi connectivity index (χ1n) is 14.5. The fraction of sp³-hybridized carbons (Fsp3) is 0.235. The normalized spacial score (nSPS) is 12.7. The summed E-state index contributed by atoms with van der Waals surface area (Å²) in [5, 5.41) is 3.63. The minimum Gasteiger partial charge on any atom is -0.352 e. The van der Waals surface area contributed by atoms with Crippen molar-refractivity contribution in [2.24, 2.45) is 0 Å². The highest BCUT2D eigenvalue weighted by Gasteiger charge is 2.36. The Hall–Kier alpha value is -3.27. The summed E-state index contributed by atoms with van der Waals surface area (Å²) >= 11 is 26.0. The number of anilines is 1. The van der Waals surface area contributed by atoms with E-state index in [9.17, 15) is 18.0 Å². The molecule has 0 radical (unpaired) electrons. The highest BCUT2D eigenvalue weighted by molar-refractivity contribution is 7.92. The van der Waals surface area contributed by atoms with Gasteiger partial charge in [-0.25, -0.2) is 8.42 Å². The van der Waals surface area contributed by atoms with E-state index >= 15 is 0 Å². The zero-order chi connectivity index (χ0) is 33.4. The van der Waals surface area contributed by atoms with Gasteiger partial charge in [-0.3, -0.25) is 13.9 Å². The molecule has 0 fully saturated rings. The lowest BCUT2D eigenvalue weighted by Gasteiger charge is -2.35. The van der Waals surface area contributed by atoms with E-state index in [-0.39, 0.29) is 49.7 Å². The largest absolute Gasteiger partial charge is 0.352 e. The minimum absolute atomic E-state index is 0.00533. The van der Waals surface area contributed by atoms with E-state index in [4.69, 9.17) is 46.4 Å². The minimum atomic E-state index is -4.35. The van der Waals surface area contributed by atoms with Gasteiger partial charge in [0, 0.05) is 34.6 Å². The second kappa shape index (κ2) is 16.0. The highest BCUT2D eigenvalue weighted by atomic mass is 35.5. The van der Waals surface area contributed by atoms with Crippen LogP contribution in [0, 0.1) is 0 Å². The van der Waals surface area contributed by atoms with E-state index in [1.54, 1.807) is 42.5 Å². The maximum Gasteiger partial charge on any atom is 0.264 e. The van der Waals surface area contributed by atoms with Crippen molar-refractivity contribution in [3.8, 4) is 0 Å². The molecule has 4 rings (SSSR count). The molecule has 0 unspecified atom stereocenters. The number of amides is 2. The molecule has 0 aromatic heterocycles. The number of nitrogens with one attached hydrogen (secondary N) is 1. The van der Waals surface area contributed by atoms with Gasteiger partial charge in [0.25, 0.3) is 10.0 Å². The van der Waals surface area contributed by atoms with Crippen molar-refractivity contribution in [2.45, 2.75) is 50.2 Å². The molecule has 0 saturated heterocycles. The number of benzene rings is 4. The van der Waals surface area contributed by atoms with Gasteiger partial charge in [-0.1, -0.05) is 114 Å². The second-order valence-electron chi connectivity index (χ2n) is 10.6. The number of halogens is 4. The molecule has 242 valence electrons. The average molecular weight is 722 g/mol. The summed E-state index contributed by atoms with van der Waals surface area (Å²) in [6, 6.07) is 25.1. The third kappa shape index (κ3) is 8.55. The topological polar surface area (TPSA) is 86.8 Å². The predicted octanol–water partition coefficient (Wildman–Crippen LogP) is 8.05. The molecule has 46 heavy (non-hydrogen) atoms. The Balaban J connectivity index is 1.87. The van der Waals surface area contributed by atoms with Crippen LogP contribution in [0.25, 0.3) is 0 Å². The van der Waals surface area contributed by atoms with Crippen LogP contribution in [0.15, 0.2) is 102 Å². The van der Waals surface area contributed by atoms with E-state index in [0.29, 0.717) is 12.0 Å². The number of nitrogens with zero attached hydrogens (tertiary/aromatic N) is 2. The van der Waals surface area contributed by atoms with Gasteiger partial charge < -0.3 is 10.2 Å². The summed E-state index contributed by atoms with van der Waals surface area (Å²) in [5.74, 6) is -1.10. The van der Waals surface area contributed by atoms with Crippen molar-refractivity contribution >= 4 is 73.9 Å². The second-order valence-corrected chi connectivity index (χ2v) is 14.1. The molecule has 0 aliphatic heterocycles. The van der Waals surface area contributed by atoms with E-state index < -0.39 is 34.4 Å². The predicted molar refractivity (Wildman–Crippen MR) is 186 cm³/mol. The Labute approximate surface area is 290 Å². The van der Waals surface area contributed by atoms with Crippen molar-refractivity contribution in [3.05, 3.63) is 128 Å². The number of carbonyl (C=O) groups excluding carboxylic acids is 2. The van der Waals surface area contributed by atoms with Gasteiger partial charge in [-0.2, -0.15) is 0 Å². The lowest BCUT2D eigenvalue weighted by Crippen LogP contribution is -2.54. The lowest BCUT2D eigenvalue weighted by atomic mass is 10.0. The van der Waals surface area contributed by atoms with Crippen molar-refractivity contribution in [3.63, 3.8) is 0 Å². The van der Waals surface area contributed by atoms with Crippen LogP contribution in [-0.4, -0.2) is 43.8 Å². The van der Waals surface area contributed by atoms with Crippen LogP contribution in [0.3, 0.4) is 0 Å². The SMILES string of the molecule is CC[C@@H](C)NC(=O)[C@H](Cc1ccccc1)N(Cc1c(Cl)cccc1Cl)C(=O)CN(c1cccc(Cl)c1Cl)S(=O)(=O)c1ccccc1. The number of sulfonamides is 1. The van der Waals surface area contributed by atoms with Crippen LogP contribution >= 0.6 is 46.4 Å².